The van der Waals surface area contributed by atoms with E-state index in [4.69, 9.17) is 14.2 Å². The van der Waals surface area contributed by atoms with Crippen molar-refractivity contribution < 1.29 is 28.6 Å². The summed E-state index contributed by atoms with van der Waals surface area (Å²) in [6, 6.07) is 0. The van der Waals surface area contributed by atoms with Gasteiger partial charge in [0, 0.05) is 17.6 Å². The fourth-order valence-electron chi connectivity index (χ4n) is 1.15. The molecule has 0 radical (unpaired) electrons. The molecule has 0 aromatic rings. The Bertz CT molecular complexity index is 394. The largest absolute Gasteiger partial charge is 0.458 e. The second-order valence-corrected chi connectivity index (χ2v) is 4.62. The minimum atomic E-state index is -0.851. The third-order valence-electron chi connectivity index (χ3n) is 2.25. The van der Waals surface area contributed by atoms with Gasteiger partial charge in [-0.2, -0.15) is 0 Å². The molecule has 0 aliphatic carbocycles. The first-order valence-electron chi connectivity index (χ1n) is 6.62. The zero-order valence-electron chi connectivity index (χ0n) is 12.8. The van der Waals surface area contributed by atoms with Gasteiger partial charge in [-0.15, -0.1) is 0 Å². The Balaban J connectivity index is 4.49. The summed E-state index contributed by atoms with van der Waals surface area (Å²) in [6.45, 7) is 11.3. The fraction of sp³-hybridized carbons (Fsp3) is 0.533. The van der Waals surface area contributed by atoms with E-state index >= 15 is 0 Å². The maximum absolute atomic E-state index is 11.5. The van der Waals surface area contributed by atoms with Crippen molar-refractivity contribution in [3.8, 4) is 0 Å². The normalized spacial score (nSPS) is 9.90. The van der Waals surface area contributed by atoms with Crippen molar-refractivity contribution in [3.63, 3.8) is 0 Å². The van der Waals surface area contributed by atoms with E-state index in [0.29, 0.717) is 6.42 Å². The van der Waals surface area contributed by atoms with E-state index in [1.165, 1.54) is 13.8 Å². The van der Waals surface area contributed by atoms with Crippen molar-refractivity contribution in [1.82, 2.24) is 0 Å². The van der Waals surface area contributed by atoms with Crippen LogP contribution < -0.4 is 0 Å². The number of carbonyl (C=O) groups excluding carboxylic acids is 3. The second kappa shape index (κ2) is 9.74. The lowest BCUT2D eigenvalue weighted by Gasteiger charge is -2.18. The summed E-state index contributed by atoms with van der Waals surface area (Å²) >= 11 is 0. The predicted octanol–water partition coefficient (Wildman–Crippen LogP) is 1.94. The molecule has 0 unspecified atom stereocenters. The Morgan fingerprint density at radius 1 is 0.952 bits per heavy atom. The Morgan fingerprint density at radius 2 is 1.38 bits per heavy atom. The molecule has 0 N–H and O–H groups in total. The van der Waals surface area contributed by atoms with Crippen LogP contribution >= 0.6 is 0 Å². The van der Waals surface area contributed by atoms with Crippen LogP contribution in [0.5, 0.6) is 0 Å². The van der Waals surface area contributed by atoms with E-state index < -0.39 is 24.0 Å². The van der Waals surface area contributed by atoms with E-state index in [1.807, 2.05) is 6.92 Å². The lowest BCUT2D eigenvalue weighted by Crippen LogP contribution is -2.31. The van der Waals surface area contributed by atoms with Gasteiger partial charge in [0.15, 0.2) is 6.10 Å². The smallest absolute Gasteiger partial charge is 0.333 e. The lowest BCUT2D eigenvalue weighted by atomic mass is 10.3. The SMILES string of the molecule is C=C(C)C(=O)OCC(COC(=O)C(=C)C)OC(=O)CCC. The summed E-state index contributed by atoms with van der Waals surface area (Å²) in [7, 11) is 0. The van der Waals surface area contributed by atoms with E-state index in [-0.39, 0.29) is 30.8 Å². The Morgan fingerprint density at radius 3 is 1.71 bits per heavy atom. The highest BCUT2D eigenvalue weighted by Crippen LogP contribution is 2.04. The summed E-state index contributed by atoms with van der Waals surface area (Å²) in [6.07, 6.45) is 0.0119. The van der Waals surface area contributed by atoms with E-state index in [1.54, 1.807) is 0 Å². The van der Waals surface area contributed by atoms with Gasteiger partial charge < -0.3 is 14.2 Å². The molecular weight excluding hydrogens is 276 g/mol. The molecule has 0 saturated carbocycles. The number of ether oxygens (including phenoxy) is 3. The van der Waals surface area contributed by atoms with Crippen molar-refractivity contribution >= 4 is 17.9 Å². The molecular formula is C15H22O6. The highest BCUT2D eigenvalue weighted by atomic mass is 16.6. The van der Waals surface area contributed by atoms with E-state index in [0.717, 1.165) is 0 Å². The molecule has 118 valence electrons. The van der Waals surface area contributed by atoms with Crippen LogP contribution in [0.4, 0.5) is 0 Å². The van der Waals surface area contributed by atoms with Crippen LogP contribution in [-0.4, -0.2) is 37.2 Å². The second-order valence-electron chi connectivity index (χ2n) is 4.62. The molecule has 6 nitrogen and oxygen atoms in total. The highest BCUT2D eigenvalue weighted by Gasteiger charge is 2.19. The topological polar surface area (TPSA) is 78.9 Å². The first-order valence-corrected chi connectivity index (χ1v) is 6.62. The molecule has 0 heterocycles. The molecule has 0 aromatic carbocycles. The summed E-state index contributed by atoms with van der Waals surface area (Å²) in [5, 5.41) is 0. The monoisotopic (exact) mass is 298 g/mol. The molecule has 0 rings (SSSR count). The molecule has 6 heteroatoms. The molecule has 0 bridgehead atoms. The first kappa shape index (κ1) is 18.9. The van der Waals surface area contributed by atoms with E-state index in [2.05, 4.69) is 13.2 Å². The minimum Gasteiger partial charge on any atom is -0.458 e. The third kappa shape index (κ3) is 8.62. The fourth-order valence-corrected chi connectivity index (χ4v) is 1.15. The van der Waals surface area contributed by atoms with E-state index in [9.17, 15) is 14.4 Å². The Hall–Kier alpha value is -2.11. The molecule has 0 fully saturated rings. The standard InChI is InChI=1S/C15H22O6/c1-6-7-13(16)21-12(8-19-14(17)10(2)3)9-20-15(18)11(4)5/h12H,2,4,6-9H2,1,3,5H3. The first-order chi connectivity index (χ1) is 9.77. The number of hydrogen-bond acceptors (Lipinski definition) is 6. The van der Waals surface area contributed by atoms with Crippen molar-refractivity contribution in [2.45, 2.75) is 39.7 Å². The molecule has 21 heavy (non-hydrogen) atoms. The average Bonchev–Trinajstić information content (AvgIpc) is 2.40. The van der Waals surface area contributed by atoms with Crippen LogP contribution in [0.1, 0.15) is 33.6 Å². The molecule has 0 aromatic heterocycles. The van der Waals surface area contributed by atoms with Crippen LogP contribution in [0.25, 0.3) is 0 Å². The zero-order chi connectivity index (χ0) is 16.4. The summed E-state index contributed by atoms with van der Waals surface area (Å²) in [4.78, 5) is 34.1. The van der Waals surface area contributed by atoms with Gasteiger partial charge in [0.1, 0.15) is 13.2 Å². The van der Waals surface area contributed by atoms with Crippen molar-refractivity contribution in [3.05, 3.63) is 24.3 Å². The molecule has 0 aliphatic rings. The van der Waals surface area contributed by atoms with Gasteiger partial charge >= 0.3 is 17.9 Å². The van der Waals surface area contributed by atoms with Gasteiger partial charge in [0.05, 0.1) is 0 Å². The van der Waals surface area contributed by atoms with Gasteiger partial charge in [-0.05, 0) is 20.3 Å². The number of hydrogen-bond donors (Lipinski definition) is 0. The maximum atomic E-state index is 11.5. The maximum Gasteiger partial charge on any atom is 0.333 e. The summed E-state index contributed by atoms with van der Waals surface area (Å²) in [5.41, 5.74) is 0.458. The quantitative estimate of drug-likeness (QED) is 0.368. The highest BCUT2D eigenvalue weighted by molar-refractivity contribution is 5.87. The van der Waals surface area contributed by atoms with Crippen LogP contribution in [0.2, 0.25) is 0 Å². The number of esters is 3. The van der Waals surface area contributed by atoms with Crippen LogP contribution in [0.15, 0.2) is 24.3 Å². The number of rotatable bonds is 9. The molecule has 0 amide bonds. The molecule has 0 saturated heterocycles. The van der Waals surface area contributed by atoms with Crippen molar-refractivity contribution in [2.75, 3.05) is 13.2 Å². The lowest BCUT2D eigenvalue weighted by molar-refractivity contribution is -0.164. The summed E-state index contributed by atoms with van der Waals surface area (Å²) in [5.74, 6) is -1.64. The number of carbonyl (C=O) groups is 3. The minimum absolute atomic E-state index is 0.204. The third-order valence-corrected chi connectivity index (χ3v) is 2.25. The average molecular weight is 298 g/mol. The van der Waals surface area contributed by atoms with Gasteiger partial charge in [0.25, 0.3) is 0 Å². The van der Waals surface area contributed by atoms with Gasteiger partial charge in [0.2, 0.25) is 0 Å². The van der Waals surface area contributed by atoms with Gasteiger partial charge in [-0.3, -0.25) is 4.79 Å². The van der Waals surface area contributed by atoms with Crippen LogP contribution in [0.3, 0.4) is 0 Å². The predicted molar refractivity (Wildman–Crippen MR) is 76.3 cm³/mol. The van der Waals surface area contributed by atoms with Crippen LogP contribution in [-0.2, 0) is 28.6 Å². The Labute approximate surface area is 124 Å². The van der Waals surface area contributed by atoms with Crippen molar-refractivity contribution in [2.24, 2.45) is 0 Å². The van der Waals surface area contributed by atoms with Crippen LogP contribution in [0, 0.1) is 0 Å². The van der Waals surface area contributed by atoms with Gasteiger partial charge in [-0.25, -0.2) is 9.59 Å². The molecule has 0 atom stereocenters. The zero-order valence-corrected chi connectivity index (χ0v) is 12.8. The molecule has 0 aliphatic heterocycles. The summed E-state index contributed by atoms with van der Waals surface area (Å²) < 4.78 is 14.9. The Kier molecular flexibility index (Phi) is 8.76. The van der Waals surface area contributed by atoms with Crippen molar-refractivity contribution in [1.29, 1.82) is 0 Å². The van der Waals surface area contributed by atoms with Gasteiger partial charge in [-0.1, -0.05) is 20.1 Å². The molecule has 0 spiro atoms.